The Labute approximate surface area is 291 Å². The van der Waals surface area contributed by atoms with Gasteiger partial charge in [-0.25, -0.2) is 4.79 Å². The van der Waals surface area contributed by atoms with Crippen LogP contribution in [0.5, 0.6) is 0 Å². The lowest BCUT2D eigenvalue weighted by molar-refractivity contribution is -0.143. The number of ketones is 2. The highest BCUT2D eigenvalue weighted by Crippen LogP contribution is 2.30. The van der Waals surface area contributed by atoms with Gasteiger partial charge in [0.1, 0.15) is 12.1 Å². The molecule has 270 valence electrons. The monoisotopic (exact) mass is 680 g/mol. The van der Waals surface area contributed by atoms with E-state index in [4.69, 9.17) is 0 Å². The van der Waals surface area contributed by atoms with E-state index in [9.17, 15) is 28.8 Å². The molecule has 4 atom stereocenters. The summed E-state index contributed by atoms with van der Waals surface area (Å²) < 4.78 is 0. The van der Waals surface area contributed by atoms with Gasteiger partial charge in [-0.3, -0.25) is 24.0 Å². The number of carbonyl (C=O) groups is 6. The van der Waals surface area contributed by atoms with E-state index in [0.29, 0.717) is 31.4 Å². The minimum atomic E-state index is -1.03. The van der Waals surface area contributed by atoms with Crippen molar-refractivity contribution < 1.29 is 28.8 Å². The molecule has 12 heteroatoms. The fourth-order valence-corrected chi connectivity index (χ4v) is 6.64. The molecule has 0 radical (unpaired) electrons. The zero-order chi connectivity index (χ0) is 36.3. The Bertz CT molecular complexity index is 1350. The van der Waals surface area contributed by atoms with Crippen molar-refractivity contribution in [1.29, 1.82) is 0 Å². The van der Waals surface area contributed by atoms with Crippen LogP contribution in [0.25, 0.3) is 0 Å². The highest BCUT2D eigenvalue weighted by atomic mass is 16.2. The number of hydrogen-bond acceptors (Lipinski definition) is 7. The first-order chi connectivity index (χ1) is 23.2. The first kappa shape index (κ1) is 39.2. The third kappa shape index (κ3) is 10.6. The molecule has 0 bridgehead atoms. The van der Waals surface area contributed by atoms with Crippen molar-refractivity contribution in [1.82, 2.24) is 26.2 Å². The number of Topliss-reactive ketones (excluding diaryl/α,β-unsaturated/α-hetero) is 2. The summed E-state index contributed by atoms with van der Waals surface area (Å²) in [6, 6.07) is 3.01. The van der Waals surface area contributed by atoms with Crippen LogP contribution in [0, 0.1) is 11.3 Å². The smallest absolute Gasteiger partial charge is 0.316 e. The van der Waals surface area contributed by atoms with Gasteiger partial charge in [-0.05, 0) is 67.7 Å². The molecule has 12 nitrogen and oxygen atoms in total. The summed E-state index contributed by atoms with van der Waals surface area (Å²) in [5.41, 5.74) is 0.723. The van der Waals surface area contributed by atoms with E-state index in [0.717, 1.165) is 37.8 Å². The van der Waals surface area contributed by atoms with Crippen LogP contribution in [-0.4, -0.2) is 91.6 Å². The van der Waals surface area contributed by atoms with Crippen molar-refractivity contribution in [2.24, 2.45) is 11.3 Å². The molecule has 0 aromatic heterocycles. The van der Waals surface area contributed by atoms with Gasteiger partial charge in [0.2, 0.25) is 17.6 Å². The van der Waals surface area contributed by atoms with Crippen LogP contribution < -0.4 is 26.2 Å². The maximum absolute atomic E-state index is 14.1. The summed E-state index contributed by atoms with van der Waals surface area (Å²) >= 11 is 0. The van der Waals surface area contributed by atoms with Crippen molar-refractivity contribution in [3.63, 3.8) is 0 Å². The number of hydrogen-bond donors (Lipinski definition) is 4. The average molecular weight is 681 g/mol. The second kappa shape index (κ2) is 18.0. The van der Waals surface area contributed by atoms with Crippen LogP contribution in [0.2, 0.25) is 0 Å². The number of benzene rings is 1. The topological polar surface area (TPSA) is 157 Å². The average Bonchev–Trinajstić information content (AvgIpc) is 3.58. The Balaban J connectivity index is 1.77. The third-order valence-corrected chi connectivity index (χ3v) is 9.43. The van der Waals surface area contributed by atoms with Gasteiger partial charge >= 0.3 is 6.03 Å². The zero-order valence-electron chi connectivity index (χ0n) is 30.1. The van der Waals surface area contributed by atoms with Crippen molar-refractivity contribution in [3.05, 3.63) is 42.5 Å². The normalized spacial score (nSPS) is 18.4. The number of nitrogens with one attached hydrogen (secondary N) is 4. The molecule has 1 aliphatic heterocycles. The van der Waals surface area contributed by atoms with Crippen LogP contribution in [0.1, 0.15) is 95.8 Å². The zero-order valence-corrected chi connectivity index (χ0v) is 30.1. The molecular formula is C37H56N6O6. The van der Waals surface area contributed by atoms with Gasteiger partial charge in [0.25, 0.3) is 5.91 Å². The fraction of sp³-hybridized carbons (Fsp3) is 0.622. The van der Waals surface area contributed by atoms with Gasteiger partial charge in [-0.1, -0.05) is 59.5 Å². The van der Waals surface area contributed by atoms with Crippen LogP contribution >= 0.6 is 0 Å². The second-order valence-corrected chi connectivity index (χ2v) is 14.5. The van der Waals surface area contributed by atoms with Crippen molar-refractivity contribution >= 4 is 41.0 Å². The van der Waals surface area contributed by atoms with Crippen LogP contribution in [0.15, 0.2) is 36.9 Å². The van der Waals surface area contributed by atoms with E-state index in [2.05, 4.69) is 27.8 Å². The first-order valence-electron chi connectivity index (χ1n) is 17.6. The maximum Gasteiger partial charge on any atom is 0.316 e. The van der Waals surface area contributed by atoms with Gasteiger partial charge in [0, 0.05) is 38.4 Å². The minimum absolute atomic E-state index is 0.0337. The molecule has 1 saturated carbocycles. The van der Waals surface area contributed by atoms with E-state index in [1.54, 1.807) is 12.1 Å². The highest BCUT2D eigenvalue weighted by molar-refractivity contribution is 6.38. The van der Waals surface area contributed by atoms with Crippen LogP contribution in [0.3, 0.4) is 0 Å². The van der Waals surface area contributed by atoms with E-state index < -0.39 is 59.1 Å². The fourth-order valence-electron chi connectivity index (χ4n) is 6.64. The Hall–Kier alpha value is -4.22. The van der Waals surface area contributed by atoms with Gasteiger partial charge in [-0.2, -0.15) is 0 Å². The lowest BCUT2D eigenvalue weighted by Gasteiger charge is -2.36. The molecular weight excluding hydrogens is 624 g/mol. The van der Waals surface area contributed by atoms with Gasteiger partial charge in [0.15, 0.2) is 5.78 Å². The molecule has 49 heavy (non-hydrogen) atoms. The summed E-state index contributed by atoms with van der Waals surface area (Å²) in [6.45, 7) is 11.3. The summed E-state index contributed by atoms with van der Waals surface area (Å²) in [4.78, 5) is 83.8. The molecule has 3 rings (SSSR count). The first-order valence-corrected chi connectivity index (χ1v) is 17.6. The van der Waals surface area contributed by atoms with Crippen LogP contribution in [-0.2, 0) is 19.2 Å². The number of rotatable bonds is 15. The minimum Gasteiger partial charge on any atom is -0.378 e. The summed E-state index contributed by atoms with van der Waals surface area (Å²) in [7, 11) is 3.85. The van der Waals surface area contributed by atoms with E-state index in [-0.39, 0.29) is 24.7 Å². The number of carbonyl (C=O) groups excluding carboxylic acids is 6. The highest BCUT2D eigenvalue weighted by Gasteiger charge is 2.43. The Kier molecular flexibility index (Phi) is 14.4. The molecule has 2 aliphatic rings. The van der Waals surface area contributed by atoms with Gasteiger partial charge < -0.3 is 31.1 Å². The number of urea groups is 1. The molecule has 1 aromatic rings. The van der Waals surface area contributed by atoms with Gasteiger partial charge in [0.05, 0.1) is 12.1 Å². The molecule has 4 N–H and O–H groups in total. The van der Waals surface area contributed by atoms with Crippen molar-refractivity contribution in [2.45, 2.75) is 110 Å². The predicted molar refractivity (Wildman–Crippen MR) is 190 cm³/mol. The maximum atomic E-state index is 14.1. The number of likely N-dealkylation sites (tertiary alicyclic amines) is 1. The van der Waals surface area contributed by atoms with Crippen molar-refractivity contribution in [2.75, 3.05) is 32.1 Å². The van der Waals surface area contributed by atoms with Crippen LogP contribution in [0.4, 0.5) is 10.5 Å². The summed E-state index contributed by atoms with van der Waals surface area (Å²) in [5.74, 6) is -2.71. The number of nitrogens with zero attached hydrogens (tertiary/aromatic N) is 2. The molecule has 1 heterocycles. The van der Waals surface area contributed by atoms with E-state index in [1.165, 1.54) is 11.0 Å². The number of anilines is 1. The molecule has 1 aliphatic carbocycles. The largest absolute Gasteiger partial charge is 0.378 e. The lowest BCUT2D eigenvalue weighted by Crippen LogP contribution is -2.61. The summed E-state index contributed by atoms with van der Waals surface area (Å²) in [5, 5.41) is 11.0. The Morgan fingerprint density at radius 1 is 0.939 bits per heavy atom. The predicted octanol–water partition coefficient (Wildman–Crippen LogP) is 3.75. The van der Waals surface area contributed by atoms with Gasteiger partial charge in [-0.15, -0.1) is 6.58 Å². The molecule has 1 aromatic carbocycles. The SMILES string of the molecule is C=CCNC(=O)C(=O)C(CCC)NC(=O)C1CCCN1C(=O)C(NC(=O)NC(C(=O)c1ccc(N(C)C)cc1)C1CCCCC1)C(C)(C)C. The van der Waals surface area contributed by atoms with Crippen molar-refractivity contribution in [3.8, 4) is 0 Å². The Morgan fingerprint density at radius 3 is 2.16 bits per heavy atom. The van der Waals surface area contributed by atoms with E-state index >= 15 is 0 Å². The molecule has 5 amide bonds. The number of amides is 5. The Morgan fingerprint density at radius 2 is 1.59 bits per heavy atom. The lowest BCUT2D eigenvalue weighted by atomic mass is 9.81. The quantitative estimate of drug-likeness (QED) is 0.125. The summed E-state index contributed by atoms with van der Waals surface area (Å²) in [6.07, 6.45) is 7.87. The third-order valence-electron chi connectivity index (χ3n) is 9.43. The second-order valence-electron chi connectivity index (χ2n) is 14.5. The molecule has 2 fully saturated rings. The standard InChI is InChI=1S/C37H56N6O6/c1-8-14-27(31(45)34(47)38-22-9-2)39-33(46)28-17-13-23-43(28)35(48)32(37(3,4)5)41-36(49)40-29(24-15-11-10-12-16-24)30(44)25-18-20-26(21-19-25)42(6)7/h9,18-21,24,27-29,32H,2,8,10-17,22-23H2,1,3-7H3,(H,38,47)(H,39,46)(H2,40,41,49). The molecule has 1 saturated heterocycles. The van der Waals surface area contributed by atoms with E-state index in [1.807, 2.05) is 58.8 Å². The molecule has 4 unspecified atom stereocenters. The molecule has 0 spiro atoms.